The van der Waals surface area contributed by atoms with Gasteiger partial charge in [-0.2, -0.15) is 0 Å². The van der Waals surface area contributed by atoms with Crippen LogP contribution in [0.4, 0.5) is 0 Å². The maximum absolute atomic E-state index is 12.6. The third kappa shape index (κ3) is 1.83. The second-order valence-corrected chi connectivity index (χ2v) is 5.63. The predicted molar refractivity (Wildman–Crippen MR) is 87.0 cm³/mol. The van der Waals surface area contributed by atoms with Crippen molar-refractivity contribution < 1.29 is 4.42 Å². The molecule has 4 rings (SSSR count). The molecular formula is C19H14O2. The Labute approximate surface area is 121 Å². The average molecular weight is 274 g/mol. The van der Waals surface area contributed by atoms with Gasteiger partial charge in [0.2, 0.25) is 5.43 Å². The molecule has 0 spiro atoms. The predicted octanol–water partition coefficient (Wildman–Crippen LogP) is 4.72. The molecule has 0 saturated heterocycles. The van der Waals surface area contributed by atoms with Crippen LogP contribution in [-0.2, 0) is 0 Å². The maximum atomic E-state index is 12.6. The zero-order valence-corrected chi connectivity index (χ0v) is 11.9. The molecule has 1 aromatic heterocycles. The van der Waals surface area contributed by atoms with Gasteiger partial charge in [-0.25, -0.2) is 0 Å². The van der Waals surface area contributed by atoms with Crippen molar-refractivity contribution in [1.82, 2.24) is 0 Å². The van der Waals surface area contributed by atoms with Crippen LogP contribution in [0.15, 0.2) is 57.7 Å². The number of aryl methyl sites for hydroxylation is 2. The summed E-state index contributed by atoms with van der Waals surface area (Å²) in [4.78, 5) is 12.6. The van der Waals surface area contributed by atoms with Gasteiger partial charge in [0.25, 0.3) is 0 Å². The van der Waals surface area contributed by atoms with E-state index < -0.39 is 0 Å². The average Bonchev–Trinajstić information content (AvgIpc) is 2.45. The van der Waals surface area contributed by atoms with E-state index in [1.165, 1.54) is 5.56 Å². The van der Waals surface area contributed by atoms with Crippen molar-refractivity contribution in [2.75, 3.05) is 0 Å². The summed E-state index contributed by atoms with van der Waals surface area (Å²) in [5.74, 6) is 0. The van der Waals surface area contributed by atoms with E-state index in [4.69, 9.17) is 4.42 Å². The van der Waals surface area contributed by atoms with E-state index in [1.807, 2.05) is 43.3 Å². The molecular weight excluding hydrogens is 260 g/mol. The number of benzene rings is 3. The first-order valence-electron chi connectivity index (χ1n) is 6.99. The molecule has 0 saturated carbocycles. The molecule has 0 bridgehead atoms. The Balaban J connectivity index is 2.22. The molecule has 21 heavy (non-hydrogen) atoms. The normalized spacial score (nSPS) is 11.5. The van der Waals surface area contributed by atoms with Crippen molar-refractivity contribution in [3.8, 4) is 0 Å². The molecule has 102 valence electrons. The summed E-state index contributed by atoms with van der Waals surface area (Å²) in [6, 6.07) is 15.8. The Hall–Kier alpha value is -2.61. The summed E-state index contributed by atoms with van der Waals surface area (Å²) < 4.78 is 5.96. The van der Waals surface area contributed by atoms with Crippen LogP contribution in [-0.4, -0.2) is 0 Å². The topological polar surface area (TPSA) is 30.2 Å². The van der Waals surface area contributed by atoms with Gasteiger partial charge in [-0.1, -0.05) is 29.8 Å². The summed E-state index contributed by atoms with van der Waals surface area (Å²) in [7, 11) is 0. The van der Waals surface area contributed by atoms with Crippen LogP contribution in [0.25, 0.3) is 32.7 Å². The van der Waals surface area contributed by atoms with Crippen LogP contribution in [0.2, 0.25) is 0 Å². The highest BCUT2D eigenvalue weighted by molar-refractivity contribution is 5.99. The fraction of sp³-hybridized carbons (Fsp3) is 0.105. The lowest BCUT2D eigenvalue weighted by molar-refractivity contribution is 0.660. The smallest absolute Gasteiger partial charge is 0.200 e. The first-order valence-corrected chi connectivity index (χ1v) is 6.99. The SMILES string of the molecule is Cc1ccc2cc3c(=O)c4ccc(C)cc4oc3cc2c1. The van der Waals surface area contributed by atoms with Gasteiger partial charge in [-0.05, 0) is 54.4 Å². The fourth-order valence-electron chi connectivity index (χ4n) is 2.82. The van der Waals surface area contributed by atoms with Gasteiger partial charge >= 0.3 is 0 Å². The summed E-state index contributed by atoms with van der Waals surface area (Å²) >= 11 is 0. The minimum Gasteiger partial charge on any atom is -0.456 e. The maximum Gasteiger partial charge on any atom is 0.200 e. The van der Waals surface area contributed by atoms with E-state index >= 15 is 0 Å². The lowest BCUT2D eigenvalue weighted by Gasteiger charge is -2.05. The lowest BCUT2D eigenvalue weighted by Crippen LogP contribution is -2.02. The third-order valence-electron chi connectivity index (χ3n) is 3.94. The van der Waals surface area contributed by atoms with Gasteiger partial charge < -0.3 is 4.42 Å². The summed E-state index contributed by atoms with van der Waals surface area (Å²) in [6.45, 7) is 4.05. The van der Waals surface area contributed by atoms with Crippen LogP contribution >= 0.6 is 0 Å². The van der Waals surface area contributed by atoms with Gasteiger partial charge in [0.1, 0.15) is 11.2 Å². The summed E-state index contributed by atoms with van der Waals surface area (Å²) in [5, 5.41) is 3.44. The molecule has 0 unspecified atom stereocenters. The quantitative estimate of drug-likeness (QED) is 0.434. The largest absolute Gasteiger partial charge is 0.456 e. The zero-order valence-electron chi connectivity index (χ0n) is 11.9. The molecule has 2 heteroatoms. The third-order valence-corrected chi connectivity index (χ3v) is 3.94. The molecule has 0 aliphatic carbocycles. The van der Waals surface area contributed by atoms with Crippen molar-refractivity contribution in [3.05, 3.63) is 69.9 Å². The lowest BCUT2D eigenvalue weighted by atomic mass is 10.0. The van der Waals surface area contributed by atoms with E-state index in [0.717, 1.165) is 16.3 Å². The standard InChI is InChI=1S/C19H14O2/c1-11-3-5-13-9-16-18(10-14(13)7-11)21-17-8-12(2)4-6-15(17)19(16)20/h3-10H,1-2H3. The van der Waals surface area contributed by atoms with Gasteiger partial charge in [0.05, 0.1) is 10.8 Å². The van der Waals surface area contributed by atoms with E-state index in [2.05, 4.69) is 19.1 Å². The number of hydrogen-bond donors (Lipinski definition) is 0. The highest BCUT2D eigenvalue weighted by Crippen LogP contribution is 2.25. The second-order valence-electron chi connectivity index (χ2n) is 5.63. The minimum atomic E-state index is 0.0359. The molecule has 2 nitrogen and oxygen atoms in total. The van der Waals surface area contributed by atoms with Gasteiger partial charge in [0.15, 0.2) is 0 Å². The van der Waals surface area contributed by atoms with Crippen molar-refractivity contribution in [2.45, 2.75) is 13.8 Å². The first-order chi connectivity index (χ1) is 10.1. The molecule has 0 atom stereocenters. The Morgan fingerprint density at radius 2 is 1.43 bits per heavy atom. The molecule has 0 fully saturated rings. The first kappa shape index (κ1) is 12.2. The van der Waals surface area contributed by atoms with Crippen LogP contribution < -0.4 is 5.43 Å². The highest BCUT2D eigenvalue weighted by atomic mass is 16.3. The van der Waals surface area contributed by atoms with Crippen LogP contribution in [0.1, 0.15) is 11.1 Å². The van der Waals surface area contributed by atoms with Gasteiger partial charge in [-0.3, -0.25) is 4.79 Å². The monoisotopic (exact) mass is 274 g/mol. The Kier molecular flexibility index (Phi) is 2.43. The Morgan fingerprint density at radius 1 is 0.714 bits per heavy atom. The minimum absolute atomic E-state index is 0.0359. The van der Waals surface area contributed by atoms with Crippen LogP contribution in [0.5, 0.6) is 0 Å². The Morgan fingerprint density at radius 3 is 2.29 bits per heavy atom. The van der Waals surface area contributed by atoms with Crippen molar-refractivity contribution in [3.63, 3.8) is 0 Å². The van der Waals surface area contributed by atoms with E-state index in [9.17, 15) is 4.79 Å². The second kappa shape index (κ2) is 4.19. The van der Waals surface area contributed by atoms with Crippen molar-refractivity contribution in [1.29, 1.82) is 0 Å². The molecule has 0 N–H and O–H groups in total. The number of fused-ring (bicyclic) bond motifs is 3. The Bertz CT molecular complexity index is 1070. The van der Waals surface area contributed by atoms with Crippen LogP contribution in [0.3, 0.4) is 0 Å². The van der Waals surface area contributed by atoms with E-state index in [0.29, 0.717) is 21.9 Å². The molecule has 4 aromatic rings. The molecule has 0 aliphatic rings. The fourth-order valence-corrected chi connectivity index (χ4v) is 2.82. The van der Waals surface area contributed by atoms with Crippen molar-refractivity contribution >= 4 is 32.7 Å². The molecule has 0 aliphatic heterocycles. The van der Waals surface area contributed by atoms with E-state index in [-0.39, 0.29) is 5.43 Å². The molecule has 1 heterocycles. The summed E-state index contributed by atoms with van der Waals surface area (Å²) in [6.07, 6.45) is 0. The van der Waals surface area contributed by atoms with Crippen molar-refractivity contribution in [2.24, 2.45) is 0 Å². The van der Waals surface area contributed by atoms with E-state index in [1.54, 1.807) is 0 Å². The van der Waals surface area contributed by atoms with Gasteiger partial charge in [0, 0.05) is 0 Å². The number of hydrogen-bond acceptors (Lipinski definition) is 2. The summed E-state index contributed by atoms with van der Waals surface area (Å²) in [5.41, 5.74) is 3.62. The molecule has 3 aromatic carbocycles. The van der Waals surface area contributed by atoms with Gasteiger partial charge in [-0.15, -0.1) is 0 Å². The van der Waals surface area contributed by atoms with Crippen LogP contribution in [0, 0.1) is 13.8 Å². The zero-order chi connectivity index (χ0) is 14.6. The number of rotatable bonds is 0. The molecule has 0 radical (unpaired) electrons. The highest BCUT2D eigenvalue weighted by Gasteiger charge is 2.09. The molecule has 0 amide bonds.